The van der Waals surface area contributed by atoms with Crippen LogP contribution in [0.15, 0.2) is 0 Å². The summed E-state index contributed by atoms with van der Waals surface area (Å²) in [6, 6.07) is 0. The van der Waals surface area contributed by atoms with Crippen LogP contribution in [0.2, 0.25) is 0 Å². The average molecular weight is 189 g/mol. The Morgan fingerprint density at radius 3 is 2.62 bits per heavy atom. The first-order valence-corrected chi connectivity index (χ1v) is 5.24. The molecule has 13 heavy (non-hydrogen) atoms. The van der Waals surface area contributed by atoms with Gasteiger partial charge >= 0.3 is 0 Å². The predicted molar refractivity (Wildman–Crippen MR) is 47.8 cm³/mol. The van der Waals surface area contributed by atoms with Crippen LogP contribution in [0.25, 0.3) is 0 Å². The molecule has 2 aliphatic carbocycles. The fourth-order valence-corrected chi connectivity index (χ4v) is 3.00. The van der Waals surface area contributed by atoms with Crippen LogP contribution in [0, 0.1) is 17.8 Å². The molecule has 3 unspecified atom stereocenters. The van der Waals surface area contributed by atoms with Crippen molar-refractivity contribution in [3.05, 3.63) is 0 Å². The van der Waals surface area contributed by atoms with Crippen molar-refractivity contribution in [2.75, 3.05) is 13.1 Å². The molecule has 1 nitrogen and oxygen atoms in total. The van der Waals surface area contributed by atoms with Crippen molar-refractivity contribution in [1.29, 1.82) is 0 Å². The van der Waals surface area contributed by atoms with Crippen LogP contribution in [0.1, 0.15) is 25.7 Å². The number of rotatable bonds is 4. The molecule has 0 aromatic carbocycles. The fraction of sp³-hybridized carbons (Fsp3) is 1.00. The molecule has 76 valence electrons. The van der Waals surface area contributed by atoms with E-state index in [2.05, 4.69) is 5.32 Å². The van der Waals surface area contributed by atoms with Gasteiger partial charge in [-0.05, 0) is 43.6 Å². The molecule has 2 rings (SSSR count). The van der Waals surface area contributed by atoms with Crippen LogP contribution < -0.4 is 5.32 Å². The summed E-state index contributed by atoms with van der Waals surface area (Å²) in [4.78, 5) is 0. The molecule has 1 N–H and O–H groups in total. The zero-order valence-electron chi connectivity index (χ0n) is 7.81. The zero-order valence-corrected chi connectivity index (χ0v) is 7.81. The van der Waals surface area contributed by atoms with Crippen molar-refractivity contribution < 1.29 is 8.78 Å². The second-order valence-electron chi connectivity index (χ2n) is 4.48. The molecule has 0 saturated heterocycles. The highest BCUT2D eigenvalue weighted by molar-refractivity contribution is 4.90. The first-order valence-electron chi connectivity index (χ1n) is 5.24. The van der Waals surface area contributed by atoms with Gasteiger partial charge in [0.25, 0.3) is 6.43 Å². The van der Waals surface area contributed by atoms with Gasteiger partial charge < -0.3 is 5.32 Å². The van der Waals surface area contributed by atoms with Crippen LogP contribution in [0.4, 0.5) is 8.78 Å². The number of halogens is 2. The molecule has 0 amide bonds. The Kier molecular flexibility index (Phi) is 2.82. The highest BCUT2D eigenvalue weighted by atomic mass is 19.3. The van der Waals surface area contributed by atoms with Gasteiger partial charge in [0.2, 0.25) is 0 Å². The Labute approximate surface area is 77.9 Å². The Bertz CT molecular complexity index is 172. The van der Waals surface area contributed by atoms with E-state index in [0.29, 0.717) is 5.92 Å². The van der Waals surface area contributed by atoms with E-state index in [1.807, 2.05) is 0 Å². The van der Waals surface area contributed by atoms with Gasteiger partial charge in [0.15, 0.2) is 0 Å². The summed E-state index contributed by atoms with van der Waals surface area (Å²) in [5.41, 5.74) is 0. The minimum atomic E-state index is -2.20. The smallest absolute Gasteiger partial charge is 0.250 e. The van der Waals surface area contributed by atoms with Crippen molar-refractivity contribution >= 4 is 0 Å². The van der Waals surface area contributed by atoms with Gasteiger partial charge in [0.05, 0.1) is 6.54 Å². The Morgan fingerprint density at radius 2 is 2.08 bits per heavy atom. The van der Waals surface area contributed by atoms with Crippen LogP contribution in [0.3, 0.4) is 0 Å². The molecule has 0 aromatic heterocycles. The lowest BCUT2D eigenvalue weighted by atomic mass is 9.89. The monoisotopic (exact) mass is 189 g/mol. The standard InChI is InChI=1S/C10H17F2N/c11-10(12)6-13-5-9-4-7-1-2-8(9)3-7/h7-10,13H,1-6H2. The van der Waals surface area contributed by atoms with Crippen molar-refractivity contribution in [3.8, 4) is 0 Å². The number of hydrogen-bond acceptors (Lipinski definition) is 1. The summed E-state index contributed by atoms with van der Waals surface area (Å²) in [6.07, 6.45) is 3.17. The molecule has 0 aromatic rings. The number of nitrogens with one attached hydrogen (secondary N) is 1. The Hall–Kier alpha value is -0.180. The lowest BCUT2D eigenvalue weighted by Crippen LogP contribution is -2.29. The molecular formula is C10H17F2N. The first kappa shape index (κ1) is 9.38. The Morgan fingerprint density at radius 1 is 1.23 bits per heavy atom. The third-order valence-corrected chi connectivity index (χ3v) is 3.59. The first-order chi connectivity index (χ1) is 6.25. The van der Waals surface area contributed by atoms with E-state index >= 15 is 0 Å². The maximum atomic E-state index is 11.8. The van der Waals surface area contributed by atoms with E-state index < -0.39 is 6.43 Å². The highest BCUT2D eigenvalue weighted by Crippen LogP contribution is 2.47. The van der Waals surface area contributed by atoms with Crippen LogP contribution >= 0.6 is 0 Å². The van der Waals surface area contributed by atoms with Gasteiger partial charge in [0.1, 0.15) is 0 Å². The van der Waals surface area contributed by atoms with Crippen LogP contribution in [0.5, 0.6) is 0 Å². The number of alkyl halides is 2. The van der Waals surface area contributed by atoms with Crippen molar-refractivity contribution in [2.24, 2.45) is 17.8 Å². The van der Waals surface area contributed by atoms with Crippen LogP contribution in [-0.4, -0.2) is 19.5 Å². The van der Waals surface area contributed by atoms with Gasteiger partial charge in [-0.25, -0.2) is 8.78 Å². The molecule has 3 heteroatoms. The normalized spacial score (nSPS) is 37.6. The predicted octanol–water partition coefficient (Wildman–Crippen LogP) is 2.28. The van der Waals surface area contributed by atoms with Gasteiger partial charge in [-0.3, -0.25) is 0 Å². The third kappa shape index (κ3) is 2.19. The van der Waals surface area contributed by atoms with E-state index in [4.69, 9.17) is 0 Å². The van der Waals surface area contributed by atoms with E-state index in [1.54, 1.807) is 0 Å². The summed E-state index contributed by atoms with van der Waals surface area (Å²) in [6.45, 7) is 0.680. The maximum absolute atomic E-state index is 11.8. The summed E-state index contributed by atoms with van der Waals surface area (Å²) in [5, 5.41) is 2.86. The second-order valence-corrected chi connectivity index (χ2v) is 4.48. The maximum Gasteiger partial charge on any atom is 0.250 e. The SMILES string of the molecule is FC(F)CNCC1CC2CCC1C2. The molecule has 0 radical (unpaired) electrons. The minimum absolute atomic E-state index is 0.131. The fourth-order valence-electron chi connectivity index (χ4n) is 3.00. The second kappa shape index (κ2) is 3.91. The minimum Gasteiger partial charge on any atom is -0.311 e. The average Bonchev–Trinajstić information content (AvgIpc) is 2.64. The lowest BCUT2D eigenvalue weighted by Gasteiger charge is -2.21. The molecular weight excluding hydrogens is 172 g/mol. The zero-order chi connectivity index (χ0) is 9.26. The van der Waals surface area contributed by atoms with E-state index in [9.17, 15) is 8.78 Å². The molecule has 2 saturated carbocycles. The van der Waals surface area contributed by atoms with Crippen molar-refractivity contribution in [1.82, 2.24) is 5.32 Å². The number of fused-ring (bicyclic) bond motifs is 2. The van der Waals surface area contributed by atoms with E-state index in [0.717, 1.165) is 18.4 Å². The summed E-state index contributed by atoms with van der Waals surface area (Å²) < 4.78 is 23.7. The number of hydrogen-bond donors (Lipinski definition) is 1. The van der Waals surface area contributed by atoms with Gasteiger partial charge in [-0.1, -0.05) is 6.42 Å². The van der Waals surface area contributed by atoms with Gasteiger partial charge in [-0.15, -0.1) is 0 Å². The third-order valence-electron chi connectivity index (χ3n) is 3.59. The molecule has 2 aliphatic rings. The quantitative estimate of drug-likeness (QED) is 0.715. The van der Waals surface area contributed by atoms with E-state index in [1.165, 1.54) is 25.7 Å². The summed E-state index contributed by atoms with van der Waals surface area (Å²) >= 11 is 0. The largest absolute Gasteiger partial charge is 0.311 e. The van der Waals surface area contributed by atoms with Crippen molar-refractivity contribution in [2.45, 2.75) is 32.1 Å². The molecule has 0 heterocycles. The molecule has 2 bridgehead atoms. The topological polar surface area (TPSA) is 12.0 Å². The highest BCUT2D eigenvalue weighted by Gasteiger charge is 2.38. The molecule has 0 spiro atoms. The lowest BCUT2D eigenvalue weighted by molar-refractivity contribution is 0.142. The van der Waals surface area contributed by atoms with Gasteiger partial charge in [0, 0.05) is 0 Å². The Balaban J connectivity index is 1.66. The van der Waals surface area contributed by atoms with Gasteiger partial charge in [-0.2, -0.15) is 0 Å². The molecule has 3 atom stereocenters. The van der Waals surface area contributed by atoms with E-state index in [-0.39, 0.29) is 6.54 Å². The van der Waals surface area contributed by atoms with Crippen LogP contribution in [-0.2, 0) is 0 Å². The summed E-state index contributed by atoms with van der Waals surface area (Å²) in [5.74, 6) is 2.45. The van der Waals surface area contributed by atoms with Crippen molar-refractivity contribution in [3.63, 3.8) is 0 Å². The molecule has 0 aliphatic heterocycles. The summed E-state index contributed by atoms with van der Waals surface area (Å²) in [7, 11) is 0. The molecule has 2 fully saturated rings.